The summed E-state index contributed by atoms with van der Waals surface area (Å²) in [6, 6.07) is 13.3. The van der Waals surface area contributed by atoms with Crippen molar-refractivity contribution in [1.82, 2.24) is 15.1 Å². The molecular formula is C25H31ClFN3O2. The molecule has 1 N–H and O–H groups in total. The second-order valence-corrected chi connectivity index (χ2v) is 9.15. The van der Waals surface area contributed by atoms with Gasteiger partial charge in [0.05, 0.1) is 13.2 Å². The Kier molecular flexibility index (Phi) is 8.14. The van der Waals surface area contributed by atoms with Crippen LogP contribution in [-0.4, -0.2) is 55.1 Å². The minimum Gasteiger partial charge on any atom is -0.379 e. The molecule has 2 aliphatic heterocycles. The van der Waals surface area contributed by atoms with Gasteiger partial charge in [0.2, 0.25) is 5.91 Å². The summed E-state index contributed by atoms with van der Waals surface area (Å²) in [5, 5.41) is 3.50. The number of rotatable bonds is 7. The lowest BCUT2D eigenvalue weighted by Gasteiger charge is -2.31. The molecule has 0 aromatic heterocycles. The molecule has 0 atom stereocenters. The van der Waals surface area contributed by atoms with E-state index in [4.69, 9.17) is 16.3 Å². The van der Waals surface area contributed by atoms with Gasteiger partial charge < -0.3 is 10.1 Å². The van der Waals surface area contributed by atoms with Crippen molar-refractivity contribution in [2.75, 3.05) is 39.4 Å². The number of hydrogen-bond acceptors (Lipinski definition) is 4. The Morgan fingerprint density at radius 1 is 0.969 bits per heavy atom. The quantitative estimate of drug-likeness (QED) is 0.683. The molecule has 2 aliphatic rings. The standard InChI is InChI=1S/C25H31ClFN3O2/c26-23-6-5-22(24(27)15-23)18-29-9-7-21(8-10-29)25(31)28-16-19-1-3-20(4-2-19)17-30-11-13-32-14-12-30/h1-6,15,21H,7-14,16-18H2,(H,28,31). The average Bonchev–Trinajstić information content (AvgIpc) is 2.81. The molecule has 4 rings (SSSR count). The van der Waals surface area contributed by atoms with Gasteiger partial charge in [0.25, 0.3) is 0 Å². The van der Waals surface area contributed by atoms with Gasteiger partial charge in [-0.15, -0.1) is 0 Å². The van der Waals surface area contributed by atoms with E-state index >= 15 is 0 Å². The van der Waals surface area contributed by atoms with E-state index in [1.165, 1.54) is 11.6 Å². The molecule has 0 bridgehead atoms. The molecule has 0 radical (unpaired) electrons. The molecule has 1 amide bonds. The van der Waals surface area contributed by atoms with E-state index in [1.54, 1.807) is 12.1 Å². The molecule has 0 saturated carbocycles. The number of carbonyl (C=O) groups is 1. The molecule has 2 saturated heterocycles. The average molecular weight is 460 g/mol. The number of nitrogens with one attached hydrogen (secondary N) is 1. The van der Waals surface area contributed by atoms with E-state index in [-0.39, 0.29) is 17.6 Å². The van der Waals surface area contributed by atoms with E-state index in [0.717, 1.165) is 64.3 Å². The van der Waals surface area contributed by atoms with Gasteiger partial charge in [0, 0.05) is 49.2 Å². The summed E-state index contributed by atoms with van der Waals surface area (Å²) in [6.45, 7) is 7.18. The van der Waals surface area contributed by atoms with Gasteiger partial charge in [0.15, 0.2) is 0 Å². The zero-order chi connectivity index (χ0) is 22.3. The fourth-order valence-corrected chi connectivity index (χ4v) is 4.52. The summed E-state index contributed by atoms with van der Waals surface area (Å²) < 4.78 is 19.4. The largest absolute Gasteiger partial charge is 0.379 e. The van der Waals surface area contributed by atoms with Gasteiger partial charge in [-0.25, -0.2) is 4.39 Å². The van der Waals surface area contributed by atoms with Crippen LogP contribution >= 0.6 is 11.6 Å². The Morgan fingerprint density at radius 2 is 1.62 bits per heavy atom. The number of nitrogens with zero attached hydrogens (tertiary/aromatic N) is 2. The predicted octanol–water partition coefficient (Wildman–Crippen LogP) is 3.84. The molecule has 2 aromatic rings. The van der Waals surface area contributed by atoms with Crippen LogP contribution in [0.1, 0.15) is 29.5 Å². The Bertz CT molecular complexity index is 895. The van der Waals surface area contributed by atoms with Crippen LogP contribution in [0.2, 0.25) is 5.02 Å². The van der Waals surface area contributed by atoms with Crippen molar-refractivity contribution in [3.8, 4) is 0 Å². The van der Waals surface area contributed by atoms with Crippen molar-refractivity contribution in [2.45, 2.75) is 32.5 Å². The predicted molar refractivity (Wildman–Crippen MR) is 124 cm³/mol. The molecule has 2 aromatic carbocycles. The highest BCUT2D eigenvalue weighted by Crippen LogP contribution is 2.22. The number of ether oxygens (including phenoxy) is 1. The minimum atomic E-state index is -0.270. The molecule has 5 nitrogen and oxygen atoms in total. The maximum absolute atomic E-state index is 14.0. The van der Waals surface area contributed by atoms with Gasteiger partial charge in [-0.2, -0.15) is 0 Å². The fourth-order valence-electron chi connectivity index (χ4n) is 4.36. The van der Waals surface area contributed by atoms with Crippen LogP contribution in [0.5, 0.6) is 0 Å². The number of amides is 1. The number of morpholine rings is 1. The van der Waals surface area contributed by atoms with Crippen LogP contribution in [0.25, 0.3) is 0 Å². The first-order valence-electron chi connectivity index (χ1n) is 11.4. The van der Waals surface area contributed by atoms with Crippen molar-refractivity contribution < 1.29 is 13.9 Å². The normalized spacial score (nSPS) is 18.6. The molecule has 0 spiro atoms. The maximum Gasteiger partial charge on any atom is 0.223 e. The Hall–Kier alpha value is -1.99. The van der Waals surface area contributed by atoms with Gasteiger partial charge in [-0.1, -0.05) is 41.9 Å². The molecule has 2 fully saturated rings. The van der Waals surface area contributed by atoms with Crippen LogP contribution < -0.4 is 5.32 Å². The van der Waals surface area contributed by atoms with Gasteiger partial charge >= 0.3 is 0 Å². The third kappa shape index (κ3) is 6.51. The van der Waals surface area contributed by atoms with E-state index < -0.39 is 0 Å². The highest BCUT2D eigenvalue weighted by Gasteiger charge is 2.25. The van der Waals surface area contributed by atoms with E-state index in [1.807, 2.05) is 0 Å². The minimum absolute atomic E-state index is 0.0157. The highest BCUT2D eigenvalue weighted by atomic mass is 35.5. The summed E-state index contributed by atoms with van der Waals surface area (Å²) in [6.07, 6.45) is 1.58. The van der Waals surface area contributed by atoms with Gasteiger partial charge in [-0.3, -0.25) is 14.6 Å². The summed E-state index contributed by atoms with van der Waals surface area (Å²) in [7, 11) is 0. The SMILES string of the molecule is O=C(NCc1ccc(CN2CCOCC2)cc1)C1CCN(Cc2ccc(Cl)cc2F)CC1. The van der Waals surface area contributed by atoms with Gasteiger partial charge in [0.1, 0.15) is 5.82 Å². The van der Waals surface area contributed by atoms with Crippen molar-refractivity contribution >= 4 is 17.5 Å². The Balaban J connectivity index is 1.18. The van der Waals surface area contributed by atoms with Gasteiger partial charge in [-0.05, 0) is 49.2 Å². The molecule has 0 unspecified atom stereocenters. The number of hydrogen-bond donors (Lipinski definition) is 1. The summed E-state index contributed by atoms with van der Waals surface area (Å²) in [5.41, 5.74) is 3.04. The monoisotopic (exact) mass is 459 g/mol. The second-order valence-electron chi connectivity index (χ2n) is 8.71. The van der Waals surface area contributed by atoms with E-state index in [0.29, 0.717) is 23.7 Å². The van der Waals surface area contributed by atoms with E-state index in [9.17, 15) is 9.18 Å². The number of benzene rings is 2. The molecule has 172 valence electrons. The first kappa shape index (κ1) is 23.2. The lowest BCUT2D eigenvalue weighted by molar-refractivity contribution is -0.126. The number of halogens is 2. The second kappa shape index (κ2) is 11.2. The number of likely N-dealkylation sites (tertiary alicyclic amines) is 1. The highest BCUT2D eigenvalue weighted by molar-refractivity contribution is 6.30. The third-order valence-corrected chi connectivity index (χ3v) is 6.60. The van der Waals surface area contributed by atoms with Crippen LogP contribution in [0.4, 0.5) is 4.39 Å². The number of carbonyl (C=O) groups excluding carboxylic acids is 1. The first-order valence-corrected chi connectivity index (χ1v) is 11.8. The van der Waals surface area contributed by atoms with Crippen LogP contribution in [0.15, 0.2) is 42.5 Å². The molecule has 7 heteroatoms. The van der Waals surface area contributed by atoms with Crippen molar-refractivity contribution in [1.29, 1.82) is 0 Å². The topological polar surface area (TPSA) is 44.8 Å². The van der Waals surface area contributed by atoms with Crippen molar-refractivity contribution in [2.24, 2.45) is 5.92 Å². The molecule has 0 aliphatic carbocycles. The van der Waals surface area contributed by atoms with Crippen LogP contribution in [-0.2, 0) is 29.2 Å². The first-order chi connectivity index (χ1) is 15.6. The maximum atomic E-state index is 14.0. The Morgan fingerprint density at radius 3 is 2.31 bits per heavy atom. The third-order valence-electron chi connectivity index (χ3n) is 6.37. The summed E-state index contributed by atoms with van der Waals surface area (Å²) in [5.74, 6) is -0.144. The lowest BCUT2D eigenvalue weighted by atomic mass is 9.95. The fraction of sp³-hybridized carbons (Fsp3) is 0.480. The van der Waals surface area contributed by atoms with Crippen LogP contribution in [0, 0.1) is 11.7 Å². The van der Waals surface area contributed by atoms with Crippen molar-refractivity contribution in [3.63, 3.8) is 0 Å². The molecule has 32 heavy (non-hydrogen) atoms. The molecular weight excluding hydrogens is 429 g/mol. The van der Waals surface area contributed by atoms with E-state index in [2.05, 4.69) is 39.4 Å². The summed E-state index contributed by atoms with van der Waals surface area (Å²) >= 11 is 5.83. The zero-order valence-corrected chi connectivity index (χ0v) is 19.1. The Labute approximate surface area is 194 Å². The number of piperidine rings is 1. The van der Waals surface area contributed by atoms with Crippen LogP contribution in [0.3, 0.4) is 0 Å². The zero-order valence-electron chi connectivity index (χ0n) is 18.4. The lowest BCUT2D eigenvalue weighted by Crippen LogP contribution is -2.40. The smallest absolute Gasteiger partial charge is 0.223 e. The molecule has 2 heterocycles. The van der Waals surface area contributed by atoms with Crippen molar-refractivity contribution in [3.05, 3.63) is 70.0 Å². The summed E-state index contributed by atoms with van der Waals surface area (Å²) in [4.78, 5) is 17.2.